The highest BCUT2D eigenvalue weighted by Gasteiger charge is 2.25. The van der Waals surface area contributed by atoms with Crippen molar-refractivity contribution in [3.63, 3.8) is 0 Å². The molecule has 6 heteroatoms. The minimum atomic E-state index is -0.101. The number of fused-ring (bicyclic) bond motifs is 2. The van der Waals surface area contributed by atoms with Crippen LogP contribution >= 0.6 is 0 Å². The van der Waals surface area contributed by atoms with Gasteiger partial charge in [0.1, 0.15) is 5.82 Å². The topological polar surface area (TPSA) is 67.2 Å². The normalized spacial score (nSPS) is 12.4. The van der Waals surface area contributed by atoms with Crippen LogP contribution < -0.4 is 10.2 Å². The number of aromatic nitrogens is 2. The van der Waals surface area contributed by atoms with Gasteiger partial charge in [-0.3, -0.25) is 9.59 Å². The highest BCUT2D eigenvalue weighted by molar-refractivity contribution is 6.06. The Labute approximate surface area is 186 Å². The fourth-order valence-corrected chi connectivity index (χ4v) is 3.97. The maximum Gasteiger partial charge on any atom is 0.258 e. The summed E-state index contributed by atoms with van der Waals surface area (Å²) in [5, 5.41) is 2.89. The van der Waals surface area contributed by atoms with Gasteiger partial charge < -0.3 is 14.8 Å². The van der Waals surface area contributed by atoms with Crippen LogP contribution in [0.3, 0.4) is 0 Å². The van der Waals surface area contributed by atoms with Gasteiger partial charge >= 0.3 is 0 Å². The van der Waals surface area contributed by atoms with E-state index in [4.69, 9.17) is 0 Å². The summed E-state index contributed by atoms with van der Waals surface area (Å²) in [6.45, 7) is 1.08. The number of anilines is 2. The van der Waals surface area contributed by atoms with Crippen LogP contribution in [0.15, 0.2) is 91.3 Å². The first kappa shape index (κ1) is 19.8. The summed E-state index contributed by atoms with van der Waals surface area (Å²) < 4.78 is 2.07. The molecule has 0 saturated heterocycles. The second-order valence-corrected chi connectivity index (χ2v) is 7.78. The van der Waals surface area contributed by atoms with Crippen molar-refractivity contribution in [1.29, 1.82) is 0 Å². The van der Waals surface area contributed by atoms with Crippen LogP contribution in [0.2, 0.25) is 0 Å². The van der Waals surface area contributed by atoms with Crippen LogP contribution in [-0.4, -0.2) is 21.4 Å². The van der Waals surface area contributed by atoms with Crippen molar-refractivity contribution >= 4 is 23.2 Å². The quantitative estimate of drug-likeness (QED) is 0.534. The zero-order chi connectivity index (χ0) is 21.9. The number of rotatable bonds is 4. The third kappa shape index (κ3) is 4.03. The molecule has 0 spiro atoms. The number of carbonyl (C=O) groups is 2. The molecule has 5 rings (SSSR count). The lowest BCUT2D eigenvalue weighted by atomic mass is 10.1. The molecule has 0 saturated carbocycles. The van der Waals surface area contributed by atoms with Gasteiger partial charge in [0.2, 0.25) is 5.91 Å². The number of carbonyl (C=O) groups excluding carboxylic acids is 2. The molecule has 1 aromatic heterocycles. The summed E-state index contributed by atoms with van der Waals surface area (Å²) in [6.07, 6.45) is 4.00. The zero-order valence-electron chi connectivity index (χ0n) is 17.4. The molecule has 0 bridgehead atoms. The molecule has 2 heterocycles. The zero-order valence-corrected chi connectivity index (χ0v) is 17.4. The first-order valence-electron chi connectivity index (χ1n) is 10.5. The number of imidazole rings is 1. The molecule has 0 unspecified atom stereocenters. The van der Waals surface area contributed by atoms with E-state index in [0.717, 1.165) is 22.6 Å². The van der Waals surface area contributed by atoms with Gasteiger partial charge in [-0.05, 0) is 41.5 Å². The summed E-state index contributed by atoms with van der Waals surface area (Å²) in [6, 6.07) is 24.6. The number of hydrogen-bond acceptors (Lipinski definition) is 3. The molecule has 4 aromatic rings. The Morgan fingerprint density at radius 1 is 0.875 bits per heavy atom. The summed E-state index contributed by atoms with van der Waals surface area (Å²) >= 11 is 0. The molecule has 1 aliphatic heterocycles. The molecule has 32 heavy (non-hydrogen) atoms. The van der Waals surface area contributed by atoms with Gasteiger partial charge in [-0.15, -0.1) is 0 Å². The van der Waals surface area contributed by atoms with Crippen LogP contribution in [0.5, 0.6) is 0 Å². The van der Waals surface area contributed by atoms with Gasteiger partial charge in [0.25, 0.3) is 5.91 Å². The van der Waals surface area contributed by atoms with Crippen molar-refractivity contribution in [2.75, 3.05) is 10.2 Å². The number of amides is 2. The Kier molecular flexibility index (Phi) is 5.25. The molecule has 6 nitrogen and oxygen atoms in total. The summed E-state index contributed by atoms with van der Waals surface area (Å²) in [4.78, 5) is 31.9. The maximum atomic E-state index is 13.4. The molecule has 2 amide bonds. The van der Waals surface area contributed by atoms with Gasteiger partial charge in [0.05, 0.1) is 19.5 Å². The molecule has 158 valence electrons. The van der Waals surface area contributed by atoms with Crippen LogP contribution in [0.25, 0.3) is 0 Å². The predicted molar refractivity (Wildman–Crippen MR) is 124 cm³/mol. The first-order valence-corrected chi connectivity index (χ1v) is 10.5. The number of para-hydroxylation sites is 1. The summed E-state index contributed by atoms with van der Waals surface area (Å²) in [5.74, 6) is 0.652. The van der Waals surface area contributed by atoms with Crippen molar-refractivity contribution in [3.05, 3.63) is 114 Å². The molecule has 0 fully saturated rings. The van der Waals surface area contributed by atoms with Crippen molar-refractivity contribution in [2.24, 2.45) is 0 Å². The average Bonchev–Trinajstić information content (AvgIpc) is 3.18. The van der Waals surface area contributed by atoms with Crippen molar-refractivity contribution in [1.82, 2.24) is 9.55 Å². The molecule has 0 radical (unpaired) electrons. The van der Waals surface area contributed by atoms with E-state index in [1.807, 2.05) is 60.8 Å². The monoisotopic (exact) mass is 422 g/mol. The maximum absolute atomic E-state index is 13.4. The highest BCUT2D eigenvalue weighted by Crippen LogP contribution is 2.28. The van der Waals surface area contributed by atoms with E-state index in [0.29, 0.717) is 30.8 Å². The second kappa shape index (κ2) is 8.51. The number of nitrogens with zero attached hydrogens (tertiary/aromatic N) is 3. The van der Waals surface area contributed by atoms with Gasteiger partial charge in [-0.25, -0.2) is 4.98 Å². The van der Waals surface area contributed by atoms with Crippen LogP contribution in [0.1, 0.15) is 27.3 Å². The lowest BCUT2D eigenvalue weighted by Gasteiger charge is -2.22. The Morgan fingerprint density at radius 3 is 2.44 bits per heavy atom. The van der Waals surface area contributed by atoms with Crippen LogP contribution in [-0.2, 0) is 24.3 Å². The summed E-state index contributed by atoms with van der Waals surface area (Å²) in [5.41, 5.74) is 4.13. The largest absolute Gasteiger partial charge is 0.329 e. The SMILES string of the molecule is O=C(Cc1ccccc1)Nc1ccc(C(=O)N2Cc3nccn3Cc3ccccc32)cc1. The molecule has 0 atom stereocenters. The van der Waals surface area contributed by atoms with E-state index >= 15 is 0 Å². The van der Waals surface area contributed by atoms with Crippen molar-refractivity contribution in [2.45, 2.75) is 19.5 Å². The minimum absolute atomic E-state index is 0.0939. The lowest BCUT2D eigenvalue weighted by molar-refractivity contribution is -0.115. The van der Waals surface area contributed by atoms with Gasteiger partial charge in [0.15, 0.2) is 0 Å². The van der Waals surface area contributed by atoms with E-state index in [-0.39, 0.29) is 11.8 Å². The summed E-state index contributed by atoms with van der Waals surface area (Å²) in [7, 11) is 0. The smallest absolute Gasteiger partial charge is 0.258 e. The molecule has 1 aliphatic rings. The Balaban J connectivity index is 1.34. The standard InChI is InChI=1S/C26H22N4O2/c31-25(16-19-6-2-1-3-7-19)28-22-12-10-20(11-13-22)26(32)30-18-24-27-14-15-29(24)17-21-8-4-5-9-23(21)30/h1-15H,16-18H2,(H,28,31). The van der Waals surface area contributed by atoms with E-state index in [1.54, 1.807) is 35.4 Å². The Bertz CT molecular complexity index is 1260. The first-order chi connectivity index (χ1) is 15.7. The van der Waals surface area contributed by atoms with Crippen molar-refractivity contribution < 1.29 is 9.59 Å². The van der Waals surface area contributed by atoms with Crippen molar-refractivity contribution in [3.8, 4) is 0 Å². The fraction of sp³-hybridized carbons (Fsp3) is 0.115. The average molecular weight is 422 g/mol. The predicted octanol–water partition coefficient (Wildman–Crippen LogP) is 4.27. The highest BCUT2D eigenvalue weighted by atomic mass is 16.2. The number of nitrogens with one attached hydrogen (secondary N) is 1. The number of benzene rings is 3. The minimum Gasteiger partial charge on any atom is -0.329 e. The lowest BCUT2D eigenvalue weighted by Crippen LogP contribution is -2.30. The molecule has 1 N–H and O–H groups in total. The Morgan fingerprint density at radius 2 is 1.62 bits per heavy atom. The molecular weight excluding hydrogens is 400 g/mol. The Hall–Kier alpha value is -4.19. The van der Waals surface area contributed by atoms with Gasteiger partial charge in [0, 0.05) is 29.3 Å². The third-order valence-electron chi connectivity index (χ3n) is 5.59. The third-order valence-corrected chi connectivity index (χ3v) is 5.59. The van der Waals surface area contributed by atoms with Crippen LogP contribution in [0.4, 0.5) is 11.4 Å². The molecule has 0 aliphatic carbocycles. The second-order valence-electron chi connectivity index (χ2n) is 7.78. The van der Waals surface area contributed by atoms with E-state index in [1.165, 1.54) is 0 Å². The molecular formula is C26H22N4O2. The van der Waals surface area contributed by atoms with Gasteiger partial charge in [-0.1, -0.05) is 48.5 Å². The van der Waals surface area contributed by atoms with E-state index in [9.17, 15) is 9.59 Å². The van der Waals surface area contributed by atoms with Crippen LogP contribution in [0, 0.1) is 0 Å². The molecule has 3 aromatic carbocycles. The van der Waals surface area contributed by atoms with E-state index < -0.39 is 0 Å². The number of hydrogen-bond donors (Lipinski definition) is 1. The van der Waals surface area contributed by atoms with E-state index in [2.05, 4.69) is 14.9 Å². The fourth-order valence-electron chi connectivity index (χ4n) is 3.97. The van der Waals surface area contributed by atoms with Gasteiger partial charge in [-0.2, -0.15) is 0 Å².